The Balaban J connectivity index is 1.61. The molecule has 1 heterocycles. The van der Waals surface area contributed by atoms with Crippen molar-refractivity contribution >= 4 is 39.1 Å². The van der Waals surface area contributed by atoms with Crippen LogP contribution in [0.3, 0.4) is 0 Å². The van der Waals surface area contributed by atoms with Gasteiger partial charge in [-0.1, -0.05) is 65.3 Å². The zero-order valence-electron chi connectivity index (χ0n) is 19.3. The van der Waals surface area contributed by atoms with Gasteiger partial charge < -0.3 is 20.4 Å². The highest BCUT2D eigenvalue weighted by Crippen LogP contribution is 2.46. The number of rotatable bonds is 8. The second kappa shape index (κ2) is 10.6. The molecule has 1 aliphatic heterocycles. The largest absolute Gasteiger partial charge is 0.396 e. The van der Waals surface area contributed by atoms with Crippen LogP contribution in [0.4, 0.5) is 11.4 Å². The van der Waals surface area contributed by atoms with Crippen molar-refractivity contribution in [3.05, 3.63) is 106 Å². The first-order valence-electron chi connectivity index (χ1n) is 11.4. The molecule has 7 heteroatoms. The van der Waals surface area contributed by atoms with Crippen molar-refractivity contribution in [1.29, 1.82) is 0 Å². The maximum absolute atomic E-state index is 13.6. The van der Waals surface area contributed by atoms with Crippen LogP contribution in [-0.4, -0.2) is 28.6 Å². The Morgan fingerprint density at radius 1 is 1.11 bits per heavy atom. The minimum Gasteiger partial charge on any atom is -0.396 e. The molecule has 2 amide bonds. The molecule has 180 valence electrons. The van der Waals surface area contributed by atoms with Crippen LogP contribution < -0.4 is 10.2 Å². The van der Waals surface area contributed by atoms with Gasteiger partial charge in [-0.3, -0.25) is 9.59 Å². The number of hydrogen-bond acceptors (Lipinski definition) is 4. The van der Waals surface area contributed by atoms with Crippen molar-refractivity contribution in [2.45, 2.75) is 25.5 Å². The predicted molar refractivity (Wildman–Crippen MR) is 140 cm³/mol. The van der Waals surface area contributed by atoms with E-state index in [2.05, 4.69) is 21.2 Å². The maximum atomic E-state index is 13.6. The second-order valence-electron chi connectivity index (χ2n) is 8.57. The van der Waals surface area contributed by atoms with Crippen LogP contribution in [0.1, 0.15) is 34.8 Å². The summed E-state index contributed by atoms with van der Waals surface area (Å²) in [5.74, 6) is -1.13. The number of carbonyl (C=O) groups is 2. The molecule has 3 aromatic carbocycles. The minimum absolute atomic E-state index is 0.000998. The monoisotopic (exact) mass is 534 g/mol. The molecule has 0 bridgehead atoms. The van der Waals surface area contributed by atoms with Gasteiger partial charge in [0.1, 0.15) is 0 Å². The van der Waals surface area contributed by atoms with Crippen molar-refractivity contribution in [1.82, 2.24) is 0 Å². The van der Waals surface area contributed by atoms with Crippen LogP contribution in [0.5, 0.6) is 0 Å². The van der Waals surface area contributed by atoms with Gasteiger partial charge in [-0.15, -0.1) is 0 Å². The van der Waals surface area contributed by atoms with Crippen LogP contribution in [-0.2, 0) is 16.9 Å². The molecule has 6 nitrogen and oxygen atoms in total. The lowest BCUT2D eigenvalue weighted by atomic mass is 9.83. The van der Waals surface area contributed by atoms with E-state index in [0.29, 0.717) is 28.9 Å². The SMILES string of the molecule is C[C@H](/C=C/CCO)[C@@]1(O)C(=O)N(Cc2cccc(NC(=O)c3ccccc3)c2)c2ccc(Br)cc21. The van der Waals surface area contributed by atoms with E-state index >= 15 is 0 Å². The smallest absolute Gasteiger partial charge is 0.264 e. The Kier molecular flexibility index (Phi) is 7.50. The Bertz CT molecular complexity index is 1260. The molecule has 0 fully saturated rings. The van der Waals surface area contributed by atoms with Gasteiger partial charge in [0, 0.05) is 33.8 Å². The van der Waals surface area contributed by atoms with Gasteiger partial charge in [-0.05, 0) is 54.4 Å². The first kappa shape index (κ1) is 24.9. The Hall–Kier alpha value is -3.26. The highest BCUT2D eigenvalue weighted by atomic mass is 79.9. The van der Waals surface area contributed by atoms with E-state index in [1.165, 1.54) is 0 Å². The molecule has 0 unspecified atom stereocenters. The topological polar surface area (TPSA) is 89.9 Å². The number of nitrogens with one attached hydrogen (secondary N) is 1. The number of halogens is 1. The number of carbonyl (C=O) groups excluding carboxylic acids is 2. The average Bonchev–Trinajstić information content (AvgIpc) is 3.07. The fraction of sp³-hybridized carbons (Fsp3) is 0.214. The van der Waals surface area contributed by atoms with E-state index in [9.17, 15) is 14.7 Å². The highest BCUT2D eigenvalue weighted by Gasteiger charge is 2.52. The zero-order chi connectivity index (χ0) is 25.0. The molecule has 2 atom stereocenters. The molecule has 4 rings (SSSR count). The van der Waals surface area contributed by atoms with Gasteiger partial charge in [0.15, 0.2) is 5.60 Å². The summed E-state index contributed by atoms with van der Waals surface area (Å²) in [6.45, 7) is 2.03. The lowest BCUT2D eigenvalue weighted by Gasteiger charge is -2.27. The lowest BCUT2D eigenvalue weighted by molar-refractivity contribution is -0.139. The number of benzene rings is 3. The molecule has 0 aromatic heterocycles. The van der Waals surface area contributed by atoms with Crippen LogP contribution in [0.2, 0.25) is 0 Å². The molecule has 1 aliphatic rings. The standard InChI is InChI=1S/C28H27BrN2O4/c1-19(8-5-6-15-32)28(35)24-17-22(29)13-14-25(24)31(27(28)34)18-20-9-7-12-23(16-20)30-26(33)21-10-3-2-4-11-21/h2-5,7-14,16-17,19,32,35H,6,15,18H2,1H3,(H,30,33)/b8-5+/t19-,28+/m1/s1. The molecular formula is C28H27BrN2O4. The summed E-state index contributed by atoms with van der Waals surface area (Å²) < 4.78 is 0.765. The van der Waals surface area contributed by atoms with Crippen LogP contribution in [0.15, 0.2) is 89.4 Å². The molecule has 0 saturated carbocycles. The summed E-state index contributed by atoms with van der Waals surface area (Å²) in [4.78, 5) is 27.8. The predicted octanol–water partition coefficient (Wildman–Crippen LogP) is 5.01. The molecule has 3 N–H and O–H groups in total. The van der Waals surface area contributed by atoms with Crippen molar-refractivity contribution < 1.29 is 19.8 Å². The number of fused-ring (bicyclic) bond motifs is 1. The van der Waals surface area contributed by atoms with Gasteiger partial charge in [-0.2, -0.15) is 0 Å². The van der Waals surface area contributed by atoms with Gasteiger partial charge in [0.2, 0.25) is 0 Å². The molecule has 0 radical (unpaired) electrons. The molecule has 0 saturated heterocycles. The number of anilines is 2. The molecule has 35 heavy (non-hydrogen) atoms. The molecule has 3 aromatic rings. The van der Waals surface area contributed by atoms with E-state index in [-0.39, 0.29) is 19.1 Å². The summed E-state index contributed by atoms with van der Waals surface area (Å²) in [7, 11) is 0. The third-order valence-corrected chi connectivity index (χ3v) is 6.67. The van der Waals surface area contributed by atoms with Crippen LogP contribution >= 0.6 is 15.9 Å². The zero-order valence-corrected chi connectivity index (χ0v) is 20.9. The van der Waals surface area contributed by atoms with Crippen molar-refractivity contribution in [3.63, 3.8) is 0 Å². The molecule has 0 spiro atoms. The van der Waals surface area contributed by atoms with Gasteiger partial charge in [-0.25, -0.2) is 0 Å². The Labute approximate surface area is 213 Å². The third kappa shape index (κ3) is 5.07. The summed E-state index contributed by atoms with van der Waals surface area (Å²) >= 11 is 3.46. The summed E-state index contributed by atoms with van der Waals surface area (Å²) in [5.41, 5.74) is 1.43. The molecule has 0 aliphatic carbocycles. The third-order valence-electron chi connectivity index (χ3n) is 6.17. The summed E-state index contributed by atoms with van der Waals surface area (Å²) in [5, 5.41) is 23.6. The van der Waals surface area contributed by atoms with E-state index in [0.717, 1.165) is 10.0 Å². The van der Waals surface area contributed by atoms with E-state index in [1.807, 2.05) is 36.4 Å². The number of aliphatic hydroxyl groups excluding tert-OH is 1. The number of aliphatic hydroxyl groups is 2. The normalized spacial score (nSPS) is 18.1. The van der Waals surface area contributed by atoms with Crippen molar-refractivity contribution in [2.75, 3.05) is 16.8 Å². The average molecular weight is 535 g/mol. The highest BCUT2D eigenvalue weighted by molar-refractivity contribution is 9.10. The lowest BCUT2D eigenvalue weighted by Crippen LogP contribution is -2.44. The fourth-order valence-corrected chi connectivity index (χ4v) is 4.67. The molecular weight excluding hydrogens is 508 g/mol. The van der Waals surface area contributed by atoms with E-state index < -0.39 is 17.4 Å². The first-order chi connectivity index (χ1) is 16.8. The number of nitrogens with zero attached hydrogens (tertiary/aromatic N) is 1. The van der Waals surface area contributed by atoms with E-state index in [1.54, 1.807) is 60.4 Å². The van der Waals surface area contributed by atoms with E-state index in [4.69, 9.17) is 5.11 Å². The van der Waals surface area contributed by atoms with Gasteiger partial charge in [0.05, 0.1) is 12.2 Å². The maximum Gasteiger partial charge on any atom is 0.264 e. The summed E-state index contributed by atoms with van der Waals surface area (Å²) in [6.07, 6.45) is 3.99. The Morgan fingerprint density at radius 3 is 2.63 bits per heavy atom. The number of hydrogen-bond donors (Lipinski definition) is 3. The van der Waals surface area contributed by atoms with Crippen LogP contribution in [0, 0.1) is 5.92 Å². The summed E-state index contributed by atoms with van der Waals surface area (Å²) in [6, 6.07) is 21.7. The number of amides is 2. The fourth-order valence-electron chi connectivity index (χ4n) is 4.31. The minimum atomic E-state index is -1.73. The van der Waals surface area contributed by atoms with Crippen molar-refractivity contribution in [3.8, 4) is 0 Å². The van der Waals surface area contributed by atoms with Gasteiger partial charge in [0.25, 0.3) is 11.8 Å². The van der Waals surface area contributed by atoms with Crippen molar-refractivity contribution in [2.24, 2.45) is 5.92 Å². The quantitative estimate of drug-likeness (QED) is 0.354. The first-order valence-corrected chi connectivity index (χ1v) is 12.2. The second-order valence-corrected chi connectivity index (χ2v) is 9.48. The van der Waals surface area contributed by atoms with Crippen LogP contribution in [0.25, 0.3) is 0 Å². The van der Waals surface area contributed by atoms with Gasteiger partial charge >= 0.3 is 0 Å². The Morgan fingerprint density at radius 2 is 1.89 bits per heavy atom.